The van der Waals surface area contributed by atoms with Crippen LogP contribution in [0.1, 0.15) is 0 Å². The van der Waals surface area contributed by atoms with Crippen LogP contribution in [0.25, 0.3) is 10.9 Å². The van der Waals surface area contributed by atoms with Crippen molar-refractivity contribution in [2.75, 3.05) is 13.3 Å². The van der Waals surface area contributed by atoms with Crippen LogP contribution in [0.4, 0.5) is 8.78 Å². The fourth-order valence-corrected chi connectivity index (χ4v) is 1.35. The lowest BCUT2D eigenvalue weighted by Crippen LogP contribution is -2.14. The molecule has 0 amide bonds. The number of ether oxygens (including phenoxy) is 1. The van der Waals surface area contributed by atoms with E-state index in [4.69, 9.17) is 4.74 Å². The van der Waals surface area contributed by atoms with Crippen LogP contribution >= 0.6 is 0 Å². The van der Waals surface area contributed by atoms with Gasteiger partial charge in [-0.15, -0.1) is 0 Å². The van der Waals surface area contributed by atoms with Crippen LogP contribution in [-0.4, -0.2) is 24.4 Å². The molecule has 0 aliphatic heterocycles. The number of aromatic amines is 1. The highest BCUT2D eigenvalue weighted by atomic mass is 19.2. The number of fused-ring (bicyclic) bond motifs is 1. The molecular formula is C11H11F2NO. The lowest BCUT2D eigenvalue weighted by molar-refractivity contribution is 0.166. The van der Waals surface area contributed by atoms with Gasteiger partial charge in [0.2, 0.25) is 0 Å². The Morgan fingerprint density at radius 1 is 1.33 bits per heavy atom. The standard InChI is InChI=1S/C11H11F2NO/c12-6-9(13)7-15-10-1-2-11-8(5-10)3-4-14-11/h1-5,9,14H,6-7H2. The number of aromatic nitrogens is 1. The molecule has 2 nitrogen and oxygen atoms in total. The summed E-state index contributed by atoms with van der Waals surface area (Å²) in [4.78, 5) is 3.03. The van der Waals surface area contributed by atoms with Gasteiger partial charge in [0.05, 0.1) is 0 Å². The van der Waals surface area contributed by atoms with Gasteiger partial charge in [-0.05, 0) is 24.3 Å². The molecule has 2 rings (SSSR count). The van der Waals surface area contributed by atoms with Gasteiger partial charge in [0.15, 0.2) is 6.17 Å². The van der Waals surface area contributed by atoms with Gasteiger partial charge in [-0.25, -0.2) is 8.78 Å². The minimum atomic E-state index is -1.55. The van der Waals surface area contributed by atoms with Crippen LogP contribution in [-0.2, 0) is 0 Å². The van der Waals surface area contributed by atoms with Gasteiger partial charge in [-0.2, -0.15) is 0 Å². The topological polar surface area (TPSA) is 25.0 Å². The van der Waals surface area contributed by atoms with Crippen molar-refractivity contribution >= 4 is 10.9 Å². The molecule has 0 spiro atoms. The van der Waals surface area contributed by atoms with E-state index in [2.05, 4.69) is 4.98 Å². The highest BCUT2D eigenvalue weighted by Crippen LogP contribution is 2.19. The maximum absolute atomic E-state index is 12.6. The van der Waals surface area contributed by atoms with E-state index >= 15 is 0 Å². The fraction of sp³-hybridized carbons (Fsp3) is 0.273. The average Bonchev–Trinajstić information content (AvgIpc) is 2.72. The Hall–Kier alpha value is -1.58. The number of alkyl halides is 2. The number of benzene rings is 1. The van der Waals surface area contributed by atoms with E-state index in [9.17, 15) is 8.78 Å². The molecule has 0 fully saturated rings. The highest BCUT2D eigenvalue weighted by molar-refractivity contribution is 5.80. The van der Waals surface area contributed by atoms with E-state index in [-0.39, 0.29) is 6.61 Å². The minimum absolute atomic E-state index is 0.244. The third-order valence-electron chi connectivity index (χ3n) is 2.12. The number of halogens is 2. The molecule has 0 radical (unpaired) electrons. The molecule has 0 aliphatic rings. The molecule has 1 N–H and O–H groups in total. The van der Waals surface area contributed by atoms with Gasteiger partial charge in [-0.1, -0.05) is 0 Å². The molecule has 1 heterocycles. The van der Waals surface area contributed by atoms with Gasteiger partial charge in [0, 0.05) is 17.1 Å². The Morgan fingerprint density at radius 2 is 2.20 bits per heavy atom. The summed E-state index contributed by atoms with van der Waals surface area (Å²) >= 11 is 0. The van der Waals surface area contributed by atoms with Crippen molar-refractivity contribution in [1.82, 2.24) is 4.98 Å². The number of hydrogen-bond donors (Lipinski definition) is 1. The molecule has 0 aliphatic carbocycles. The monoisotopic (exact) mass is 211 g/mol. The van der Waals surface area contributed by atoms with Gasteiger partial charge in [0.1, 0.15) is 19.0 Å². The summed E-state index contributed by atoms with van der Waals surface area (Å²) in [6, 6.07) is 7.25. The SMILES string of the molecule is FCC(F)COc1ccc2[nH]ccc2c1. The van der Waals surface area contributed by atoms with Crippen molar-refractivity contribution in [3.8, 4) is 5.75 Å². The van der Waals surface area contributed by atoms with Gasteiger partial charge in [-0.3, -0.25) is 0 Å². The van der Waals surface area contributed by atoms with Crippen LogP contribution in [0.3, 0.4) is 0 Å². The molecule has 0 saturated carbocycles. The molecule has 0 bridgehead atoms. The molecule has 1 aromatic heterocycles. The summed E-state index contributed by atoms with van der Waals surface area (Å²) in [5.74, 6) is 0.554. The molecule has 1 atom stereocenters. The Labute approximate surface area is 85.9 Å². The molecular weight excluding hydrogens is 200 g/mol. The van der Waals surface area contributed by atoms with E-state index in [1.54, 1.807) is 12.1 Å². The minimum Gasteiger partial charge on any atom is -0.490 e. The van der Waals surface area contributed by atoms with Gasteiger partial charge < -0.3 is 9.72 Å². The number of H-pyrrole nitrogens is 1. The van der Waals surface area contributed by atoms with Crippen LogP contribution in [0, 0.1) is 0 Å². The lowest BCUT2D eigenvalue weighted by atomic mass is 10.2. The van der Waals surface area contributed by atoms with Crippen molar-refractivity contribution in [1.29, 1.82) is 0 Å². The molecule has 1 aromatic carbocycles. The van der Waals surface area contributed by atoms with Crippen LogP contribution in [0.5, 0.6) is 5.75 Å². The van der Waals surface area contributed by atoms with Gasteiger partial charge in [0.25, 0.3) is 0 Å². The summed E-state index contributed by atoms with van der Waals surface area (Å²) in [7, 11) is 0. The Kier molecular flexibility index (Phi) is 2.85. The first-order valence-electron chi connectivity index (χ1n) is 4.69. The Bertz CT molecular complexity index is 441. The van der Waals surface area contributed by atoms with Crippen molar-refractivity contribution in [2.45, 2.75) is 6.17 Å². The number of nitrogens with one attached hydrogen (secondary N) is 1. The molecule has 1 unspecified atom stereocenters. The molecule has 2 aromatic rings. The zero-order valence-electron chi connectivity index (χ0n) is 8.04. The lowest BCUT2D eigenvalue weighted by Gasteiger charge is -2.07. The predicted molar refractivity (Wildman–Crippen MR) is 54.7 cm³/mol. The van der Waals surface area contributed by atoms with Crippen molar-refractivity contribution < 1.29 is 13.5 Å². The summed E-state index contributed by atoms with van der Waals surface area (Å²) < 4.78 is 29.5. The van der Waals surface area contributed by atoms with Crippen molar-refractivity contribution in [3.05, 3.63) is 30.5 Å². The summed E-state index contributed by atoms with van der Waals surface area (Å²) in [6.07, 6.45) is 0.264. The average molecular weight is 211 g/mol. The van der Waals surface area contributed by atoms with E-state index in [1.165, 1.54) is 0 Å². The zero-order valence-corrected chi connectivity index (χ0v) is 8.04. The Morgan fingerprint density at radius 3 is 3.00 bits per heavy atom. The summed E-state index contributed by atoms with van der Waals surface area (Å²) in [5.41, 5.74) is 0.990. The normalized spacial score (nSPS) is 12.9. The first-order valence-corrected chi connectivity index (χ1v) is 4.69. The molecule has 0 saturated heterocycles. The van der Waals surface area contributed by atoms with Gasteiger partial charge >= 0.3 is 0 Å². The zero-order chi connectivity index (χ0) is 10.7. The largest absolute Gasteiger partial charge is 0.490 e. The molecule has 80 valence electrons. The van der Waals surface area contributed by atoms with E-state index in [0.29, 0.717) is 5.75 Å². The third kappa shape index (κ3) is 2.26. The smallest absolute Gasteiger partial charge is 0.162 e. The first kappa shape index (κ1) is 9.96. The molecule has 15 heavy (non-hydrogen) atoms. The molecule has 4 heteroatoms. The number of rotatable bonds is 4. The Balaban J connectivity index is 2.08. The van der Waals surface area contributed by atoms with Crippen LogP contribution in [0.2, 0.25) is 0 Å². The second-order valence-corrected chi connectivity index (χ2v) is 3.29. The van der Waals surface area contributed by atoms with Crippen LogP contribution in [0.15, 0.2) is 30.5 Å². The summed E-state index contributed by atoms with van der Waals surface area (Å²) in [6.45, 7) is -1.25. The van der Waals surface area contributed by atoms with Crippen molar-refractivity contribution in [3.63, 3.8) is 0 Å². The van der Waals surface area contributed by atoms with Crippen LogP contribution < -0.4 is 4.74 Å². The predicted octanol–water partition coefficient (Wildman–Crippen LogP) is 2.85. The maximum Gasteiger partial charge on any atom is 0.162 e. The fourth-order valence-electron chi connectivity index (χ4n) is 1.35. The quantitative estimate of drug-likeness (QED) is 0.826. The second-order valence-electron chi connectivity index (χ2n) is 3.29. The second kappa shape index (κ2) is 4.29. The highest BCUT2D eigenvalue weighted by Gasteiger charge is 2.06. The van der Waals surface area contributed by atoms with E-state index in [0.717, 1.165) is 10.9 Å². The third-order valence-corrected chi connectivity index (χ3v) is 2.12. The van der Waals surface area contributed by atoms with E-state index in [1.807, 2.05) is 18.3 Å². The number of hydrogen-bond acceptors (Lipinski definition) is 1. The maximum atomic E-state index is 12.6. The first-order chi connectivity index (χ1) is 7.29. The van der Waals surface area contributed by atoms with Crippen molar-refractivity contribution in [2.24, 2.45) is 0 Å². The van der Waals surface area contributed by atoms with E-state index < -0.39 is 12.8 Å². The summed E-state index contributed by atoms with van der Waals surface area (Å²) in [5, 5.41) is 0.989.